The molecule has 0 fully saturated rings. The lowest BCUT2D eigenvalue weighted by Gasteiger charge is -2.10. The number of nitrogens with zero attached hydrogens (tertiary/aromatic N) is 2. The Morgan fingerprint density at radius 3 is 2.59 bits per heavy atom. The Morgan fingerprint density at radius 2 is 1.93 bits per heavy atom. The van der Waals surface area contributed by atoms with E-state index >= 15 is 0 Å². The molecule has 134 valence electrons. The summed E-state index contributed by atoms with van der Waals surface area (Å²) >= 11 is 0. The summed E-state index contributed by atoms with van der Waals surface area (Å²) < 4.78 is 33.2. The number of hydrogen-bond donors (Lipinski definition) is 1. The predicted octanol–water partition coefficient (Wildman–Crippen LogP) is 4.10. The van der Waals surface area contributed by atoms with Crippen LogP contribution in [0.1, 0.15) is 21.5 Å². The molecule has 0 aliphatic rings. The number of carbonyl (C=O) groups is 1. The van der Waals surface area contributed by atoms with E-state index in [1.165, 1.54) is 18.3 Å². The molecule has 3 rings (SSSR count). The maximum absolute atomic E-state index is 14.0. The molecule has 0 bridgehead atoms. The molecule has 27 heavy (non-hydrogen) atoms. The van der Waals surface area contributed by atoms with Crippen LogP contribution in [-0.4, -0.2) is 10.9 Å². The molecular formula is C20H13F2N3O2. The zero-order chi connectivity index (χ0) is 19.6. The summed E-state index contributed by atoms with van der Waals surface area (Å²) in [5.41, 5.74) is 7.21. The van der Waals surface area contributed by atoms with Gasteiger partial charge in [-0.1, -0.05) is 6.07 Å². The fourth-order valence-corrected chi connectivity index (χ4v) is 2.56. The summed E-state index contributed by atoms with van der Waals surface area (Å²) in [5, 5.41) is 8.73. The number of benzene rings is 2. The normalized spacial score (nSPS) is 10.3. The number of hydrogen-bond acceptors (Lipinski definition) is 4. The van der Waals surface area contributed by atoms with Gasteiger partial charge >= 0.3 is 0 Å². The standard InChI is InChI=1S/C20H13F2N3O2/c1-11-8-12(2-4-15(11)20(24)26)16-9-14(6-7-25-16)27-17-5-3-13(10-23)18(21)19(17)22/h2-9H,1H3,(H2,24,26). The molecular weight excluding hydrogens is 352 g/mol. The molecule has 0 aliphatic heterocycles. The summed E-state index contributed by atoms with van der Waals surface area (Å²) in [4.78, 5) is 15.6. The average Bonchev–Trinajstić information content (AvgIpc) is 2.65. The molecule has 0 unspecified atom stereocenters. The second-order valence-electron chi connectivity index (χ2n) is 5.72. The van der Waals surface area contributed by atoms with Crippen molar-refractivity contribution in [3.8, 4) is 28.8 Å². The monoisotopic (exact) mass is 365 g/mol. The third-order valence-corrected chi connectivity index (χ3v) is 3.91. The highest BCUT2D eigenvalue weighted by molar-refractivity contribution is 5.94. The van der Waals surface area contributed by atoms with Crippen molar-refractivity contribution in [3.63, 3.8) is 0 Å². The number of carbonyl (C=O) groups excluding carboxylic acids is 1. The van der Waals surface area contributed by atoms with Crippen molar-refractivity contribution in [2.45, 2.75) is 6.92 Å². The number of aromatic nitrogens is 1. The van der Waals surface area contributed by atoms with Gasteiger partial charge in [0.2, 0.25) is 11.7 Å². The maximum Gasteiger partial charge on any atom is 0.248 e. The molecule has 7 heteroatoms. The van der Waals surface area contributed by atoms with Gasteiger partial charge in [0.25, 0.3) is 0 Å². The van der Waals surface area contributed by atoms with Gasteiger partial charge in [-0.05, 0) is 42.8 Å². The van der Waals surface area contributed by atoms with E-state index in [0.29, 0.717) is 22.4 Å². The number of pyridine rings is 1. The lowest BCUT2D eigenvalue weighted by molar-refractivity contribution is 0.0999. The highest BCUT2D eigenvalue weighted by Gasteiger charge is 2.15. The minimum atomic E-state index is -1.26. The van der Waals surface area contributed by atoms with E-state index in [-0.39, 0.29) is 11.5 Å². The number of nitrogens with two attached hydrogens (primary N) is 1. The Balaban J connectivity index is 1.93. The van der Waals surface area contributed by atoms with Crippen LogP contribution in [0.25, 0.3) is 11.3 Å². The molecule has 0 saturated carbocycles. The van der Waals surface area contributed by atoms with Gasteiger partial charge in [-0.3, -0.25) is 9.78 Å². The third kappa shape index (κ3) is 3.60. The zero-order valence-corrected chi connectivity index (χ0v) is 14.2. The van der Waals surface area contributed by atoms with Crippen LogP contribution in [0.15, 0.2) is 48.7 Å². The highest BCUT2D eigenvalue weighted by atomic mass is 19.2. The zero-order valence-electron chi connectivity index (χ0n) is 14.2. The lowest BCUT2D eigenvalue weighted by Crippen LogP contribution is -2.12. The second-order valence-corrected chi connectivity index (χ2v) is 5.72. The summed E-state index contributed by atoms with van der Waals surface area (Å²) in [5.74, 6) is -3.14. The first-order chi connectivity index (χ1) is 12.9. The quantitative estimate of drug-likeness (QED) is 0.754. The van der Waals surface area contributed by atoms with Crippen molar-refractivity contribution in [1.82, 2.24) is 4.98 Å². The SMILES string of the molecule is Cc1cc(-c2cc(Oc3ccc(C#N)c(F)c3F)ccn2)ccc1C(N)=O. The fourth-order valence-electron chi connectivity index (χ4n) is 2.56. The van der Waals surface area contributed by atoms with E-state index < -0.39 is 23.1 Å². The molecule has 1 heterocycles. The van der Waals surface area contributed by atoms with Gasteiger partial charge < -0.3 is 10.5 Å². The van der Waals surface area contributed by atoms with Gasteiger partial charge in [-0.2, -0.15) is 9.65 Å². The average molecular weight is 365 g/mol. The summed E-state index contributed by atoms with van der Waals surface area (Å²) in [6.45, 7) is 1.75. The van der Waals surface area contributed by atoms with E-state index in [1.54, 1.807) is 37.3 Å². The summed E-state index contributed by atoms with van der Waals surface area (Å²) in [6.07, 6.45) is 1.46. The van der Waals surface area contributed by atoms with Gasteiger partial charge in [0.05, 0.1) is 11.3 Å². The first kappa shape index (κ1) is 18.0. The molecule has 2 N–H and O–H groups in total. The largest absolute Gasteiger partial charge is 0.454 e. The topological polar surface area (TPSA) is 89.0 Å². The number of nitriles is 1. The molecule has 5 nitrogen and oxygen atoms in total. The van der Waals surface area contributed by atoms with Crippen molar-refractivity contribution in [2.24, 2.45) is 5.73 Å². The molecule has 3 aromatic rings. The van der Waals surface area contributed by atoms with Crippen LogP contribution in [0.3, 0.4) is 0 Å². The summed E-state index contributed by atoms with van der Waals surface area (Å²) in [7, 11) is 0. The van der Waals surface area contributed by atoms with Crippen LogP contribution < -0.4 is 10.5 Å². The van der Waals surface area contributed by atoms with Gasteiger partial charge in [-0.25, -0.2) is 4.39 Å². The molecule has 2 aromatic carbocycles. The number of ether oxygens (including phenoxy) is 1. The van der Waals surface area contributed by atoms with Crippen molar-refractivity contribution in [2.75, 3.05) is 0 Å². The van der Waals surface area contributed by atoms with Crippen LogP contribution in [0.5, 0.6) is 11.5 Å². The first-order valence-electron chi connectivity index (χ1n) is 7.83. The van der Waals surface area contributed by atoms with E-state index in [1.807, 2.05) is 0 Å². The van der Waals surface area contributed by atoms with Crippen molar-refractivity contribution in [1.29, 1.82) is 5.26 Å². The number of halogens is 2. The number of rotatable bonds is 4. The van der Waals surface area contributed by atoms with Gasteiger partial charge in [0.15, 0.2) is 11.6 Å². The van der Waals surface area contributed by atoms with Gasteiger partial charge in [0.1, 0.15) is 11.8 Å². The van der Waals surface area contributed by atoms with E-state index in [0.717, 1.165) is 6.07 Å². The van der Waals surface area contributed by atoms with E-state index in [2.05, 4.69) is 4.98 Å². The molecule has 1 aromatic heterocycles. The van der Waals surface area contributed by atoms with Crippen LogP contribution >= 0.6 is 0 Å². The molecule has 0 atom stereocenters. The van der Waals surface area contributed by atoms with Crippen molar-refractivity contribution >= 4 is 5.91 Å². The fraction of sp³-hybridized carbons (Fsp3) is 0.0500. The number of primary amides is 1. The van der Waals surface area contributed by atoms with Crippen molar-refractivity contribution in [3.05, 3.63) is 77.0 Å². The molecule has 0 saturated heterocycles. The number of amides is 1. The predicted molar refractivity (Wildman–Crippen MR) is 94.1 cm³/mol. The molecule has 0 radical (unpaired) electrons. The minimum Gasteiger partial charge on any atom is -0.454 e. The number of aryl methyl sites for hydroxylation is 1. The smallest absolute Gasteiger partial charge is 0.248 e. The van der Waals surface area contributed by atoms with Crippen LogP contribution in [-0.2, 0) is 0 Å². The third-order valence-electron chi connectivity index (χ3n) is 3.91. The van der Waals surface area contributed by atoms with Gasteiger partial charge in [-0.15, -0.1) is 0 Å². The maximum atomic E-state index is 14.0. The van der Waals surface area contributed by atoms with E-state index in [9.17, 15) is 13.6 Å². The van der Waals surface area contributed by atoms with Crippen molar-refractivity contribution < 1.29 is 18.3 Å². The van der Waals surface area contributed by atoms with Crippen LogP contribution in [0.4, 0.5) is 8.78 Å². The summed E-state index contributed by atoms with van der Waals surface area (Å²) in [6, 6.07) is 11.9. The van der Waals surface area contributed by atoms with Crippen LogP contribution in [0.2, 0.25) is 0 Å². The Bertz CT molecular complexity index is 1090. The van der Waals surface area contributed by atoms with Crippen LogP contribution in [0, 0.1) is 29.9 Å². The Kier molecular flexibility index (Phi) is 4.81. The Labute approximate surface area is 153 Å². The van der Waals surface area contributed by atoms with Gasteiger partial charge in [0, 0.05) is 23.4 Å². The highest BCUT2D eigenvalue weighted by Crippen LogP contribution is 2.30. The molecule has 1 amide bonds. The Morgan fingerprint density at radius 1 is 1.15 bits per heavy atom. The second kappa shape index (κ2) is 7.22. The molecule has 0 spiro atoms. The van der Waals surface area contributed by atoms with E-state index in [4.69, 9.17) is 15.7 Å². The molecule has 0 aliphatic carbocycles. The Hall–Kier alpha value is -3.79. The first-order valence-corrected chi connectivity index (χ1v) is 7.83. The lowest BCUT2D eigenvalue weighted by atomic mass is 10.0. The minimum absolute atomic E-state index is 0.236.